The van der Waals surface area contributed by atoms with E-state index in [9.17, 15) is 4.79 Å². The molecule has 0 bridgehead atoms. The van der Waals surface area contributed by atoms with Gasteiger partial charge in [-0.05, 0) is 26.2 Å². The molecule has 0 aromatic rings. The number of hydrogen-bond acceptors (Lipinski definition) is 3. The van der Waals surface area contributed by atoms with Gasteiger partial charge in [0.15, 0.2) is 0 Å². The lowest BCUT2D eigenvalue weighted by atomic mass is 9.84. The summed E-state index contributed by atoms with van der Waals surface area (Å²) in [5.74, 6) is 0.0306. The highest BCUT2D eigenvalue weighted by molar-refractivity contribution is 5.79. The molecule has 0 spiro atoms. The van der Waals surface area contributed by atoms with Crippen molar-refractivity contribution in [1.82, 2.24) is 5.32 Å². The molecule has 0 aromatic carbocycles. The molecule has 1 rings (SSSR count). The summed E-state index contributed by atoms with van der Waals surface area (Å²) < 4.78 is 0. The topological polar surface area (TPSA) is 75.3 Å². The van der Waals surface area contributed by atoms with Gasteiger partial charge in [-0.25, -0.2) is 0 Å². The van der Waals surface area contributed by atoms with Crippen molar-refractivity contribution in [2.45, 2.75) is 51.1 Å². The van der Waals surface area contributed by atoms with Crippen LogP contribution in [0.4, 0.5) is 0 Å². The molecule has 88 valence electrons. The zero-order chi connectivity index (χ0) is 11.3. The fourth-order valence-electron chi connectivity index (χ4n) is 2.10. The van der Waals surface area contributed by atoms with Crippen molar-refractivity contribution in [3.05, 3.63) is 0 Å². The average Bonchev–Trinajstić information content (AvgIpc) is 2.18. The molecule has 1 saturated carbocycles. The molecule has 0 aromatic heterocycles. The minimum atomic E-state index is -0.0279. The van der Waals surface area contributed by atoms with Crippen molar-refractivity contribution in [2.75, 3.05) is 6.61 Å². The van der Waals surface area contributed by atoms with Gasteiger partial charge >= 0.3 is 0 Å². The third-order valence-electron chi connectivity index (χ3n) is 3.11. The fourth-order valence-corrected chi connectivity index (χ4v) is 2.10. The zero-order valence-corrected chi connectivity index (χ0v) is 9.41. The Hall–Kier alpha value is -0.610. The van der Waals surface area contributed by atoms with E-state index in [0.717, 1.165) is 25.7 Å². The third kappa shape index (κ3) is 3.80. The Bertz CT molecular complexity index is 209. The molecule has 0 heterocycles. The van der Waals surface area contributed by atoms with Crippen LogP contribution in [0.15, 0.2) is 0 Å². The zero-order valence-electron chi connectivity index (χ0n) is 9.41. The predicted octanol–water partition coefficient (Wildman–Crippen LogP) is 0.391. The molecule has 1 aliphatic carbocycles. The number of aliphatic hydroxyl groups excluding tert-OH is 1. The Balaban J connectivity index is 2.37. The van der Waals surface area contributed by atoms with E-state index in [1.807, 2.05) is 6.92 Å². The van der Waals surface area contributed by atoms with Gasteiger partial charge < -0.3 is 16.2 Å². The van der Waals surface area contributed by atoms with Crippen LogP contribution in [-0.2, 0) is 4.79 Å². The number of amides is 1. The Labute approximate surface area is 91.2 Å². The average molecular weight is 214 g/mol. The Morgan fingerprint density at radius 3 is 2.80 bits per heavy atom. The molecule has 4 N–H and O–H groups in total. The first-order chi connectivity index (χ1) is 7.15. The molecule has 4 nitrogen and oxygen atoms in total. The second kappa shape index (κ2) is 6.08. The second-order valence-electron chi connectivity index (χ2n) is 4.48. The molecule has 4 heteroatoms. The first kappa shape index (κ1) is 12.5. The van der Waals surface area contributed by atoms with Crippen LogP contribution in [0.25, 0.3) is 0 Å². The first-order valence-corrected chi connectivity index (χ1v) is 5.82. The third-order valence-corrected chi connectivity index (χ3v) is 3.11. The van der Waals surface area contributed by atoms with E-state index in [0.29, 0.717) is 6.42 Å². The number of nitrogens with two attached hydrogens (primary N) is 1. The van der Waals surface area contributed by atoms with E-state index in [2.05, 4.69) is 5.32 Å². The van der Waals surface area contributed by atoms with E-state index in [4.69, 9.17) is 10.8 Å². The van der Waals surface area contributed by atoms with Gasteiger partial charge in [-0.15, -0.1) is 0 Å². The number of nitrogens with one attached hydrogen (secondary N) is 1. The smallest absolute Gasteiger partial charge is 0.224 e. The van der Waals surface area contributed by atoms with Crippen LogP contribution in [-0.4, -0.2) is 29.7 Å². The summed E-state index contributed by atoms with van der Waals surface area (Å²) in [5, 5.41) is 11.6. The normalized spacial score (nSPS) is 28.5. The second-order valence-corrected chi connectivity index (χ2v) is 4.48. The van der Waals surface area contributed by atoms with Gasteiger partial charge in [-0.1, -0.05) is 12.8 Å². The van der Waals surface area contributed by atoms with Crippen molar-refractivity contribution < 1.29 is 9.90 Å². The van der Waals surface area contributed by atoms with Crippen molar-refractivity contribution in [3.63, 3.8) is 0 Å². The predicted molar refractivity (Wildman–Crippen MR) is 59.2 cm³/mol. The number of carbonyl (C=O) groups is 1. The molecule has 15 heavy (non-hydrogen) atoms. The van der Waals surface area contributed by atoms with Crippen molar-refractivity contribution in [1.29, 1.82) is 0 Å². The van der Waals surface area contributed by atoms with E-state index in [1.54, 1.807) is 0 Å². The largest absolute Gasteiger partial charge is 0.396 e. The lowest BCUT2D eigenvalue weighted by molar-refractivity contribution is -0.127. The van der Waals surface area contributed by atoms with Crippen LogP contribution in [0, 0.1) is 5.92 Å². The van der Waals surface area contributed by atoms with Crippen molar-refractivity contribution >= 4 is 5.91 Å². The van der Waals surface area contributed by atoms with Gasteiger partial charge in [0.05, 0.1) is 5.92 Å². The maximum atomic E-state index is 11.8. The monoisotopic (exact) mass is 214 g/mol. The maximum Gasteiger partial charge on any atom is 0.224 e. The number of hydrogen-bond donors (Lipinski definition) is 3. The Kier molecular flexibility index (Phi) is 5.05. The lowest BCUT2D eigenvalue weighted by Gasteiger charge is -2.28. The standard InChI is InChI=1S/C11H22N2O2/c1-8(6-7-14)13-11(15)9-4-2-3-5-10(9)12/h8-10,14H,2-7,12H2,1H3,(H,13,15). The van der Waals surface area contributed by atoms with Gasteiger partial charge in [0, 0.05) is 18.7 Å². The van der Waals surface area contributed by atoms with Crippen LogP contribution in [0.5, 0.6) is 0 Å². The van der Waals surface area contributed by atoms with Gasteiger partial charge in [-0.3, -0.25) is 4.79 Å². The molecule has 0 radical (unpaired) electrons. The number of aliphatic hydroxyl groups is 1. The summed E-state index contributed by atoms with van der Waals surface area (Å²) in [5.41, 5.74) is 5.92. The summed E-state index contributed by atoms with van der Waals surface area (Å²) in [6, 6.07) is 0.0525. The molecular formula is C11H22N2O2. The molecular weight excluding hydrogens is 192 g/mol. The molecule has 1 amide bonds. The van der Waals surface area contributed by atoms with E-state index < -0.39 is 0 Å². The highest BCUT2D eigenvalue weighted by Crippen LogP contribution is 2.23. The number of carbonyl (C=O) groups excluding carboxylic acids is 1. The summed E-state index contributed by atoms with van der Waals surface area (Å²) >= 11 is 0. The highest BCUT2D eigenvalue weighted by Gasteiger charge is 2.28. The summed E-state index contributed by atoms with van der Waals surface area (Å²) in [4.78, 5) is 11.8. The molecule has 1 fully saturated rings. The molecule has 0 saturated heterocycles. The van der Waals surface area contributed by atoms with Crippen molar-refractivity contribution in [2.24, 2.45) is 11.7 Å². The number of rotatable bonds is 4. The van der Waals surface area contributed by atoms with Crippen LogP contribution in [0.3, 0.4) is 0 Å². The van der Waals surface area contributed by atoms with Gasteiger partial charge in [0.25, 0.3) is 0 Å². The molecule has 1 aliphatic rings. The molecule has 0 aliphatic heterocycles. The van der Waals surface area contributed by atoms with Gasteiger partial charge in [0.2, 0.25) is 5.91 Å². The minimum Gasteiger partial charge on any atom is -0.396 e. The van der Waals surface area contributed by atoms with Crippen LogP contribution in [0.2, 0.25) is 0 Å². The Morgan fingerprint density at radius 1 is 1.53 bits per heavy atom. The maximum absolute atomic E-state index is 11.8. The van der Waals surface area contributed by atoms with E-state index in [1.165, 1.54) is 0 Å². The molecule has 3 unspecified atom stereocenters. The van der Waals surface area contributed by atoms with Crippen LogP contribution < -0.4 is 11.1 Å². The minimum absolute atomic E-state index is 0.0140. The summed E-state index contributed by atoms with van der Waals surface area (Å²) in [6.07, 6.45) is 4.69. The van der Waals surface area contributed by atoms with Gasteiger partial charge in [-0.2, -0.15) is 0 Å². The summed E-state index contributed by atoms with van der Waals surface area (Å²) in [6.45, 7) is 2.01. The van der Waals surface area contributed by atoms with E-state index >= 15 is 0 Å². The quantitative estimate of drug-likeness (QED) is 0.633. The SMILES string of the molecule is CC(CCO)NC(=O)C1CCCCC1N. The van der Waals surface area contributed by atoms with Crippen LogP contribution in [0.1, 0.15) is 39.0 Å². The molecule has 3 atom stereocenters. The van der Waals surface area contributed by atoms with Gasteiger partial charge in [0.1, 0.15) is 0 Å². The first-order valence-electron chi connectivity index (χ1n) is 5.82. The van der Waals surface area contributed by atoms with E-state index in [-0.39, 0.29) is 30.5 Å². The van der Waals surface area contributed by atoms with Crippen molar-refractivity contribution in [3.8, 4) is 0 Å². The van der Waals surface area contributed by atoms with Crippen LogP contribution >= 0.6 is 0 Å². The fraction of sp³-hybridized carbons (Fsp3) is 0.909. The lowest BCUT2D eigenvalue weighted by Crippen LogP contribution is -2.46. The highest BCUT2D eigenvalue weighted by atomic mass is 16.3. The summed E-state index contributed by atoms with van der Waals surface area (Å²) in [7, 11) is 0. The Morgan fingerprint density at radius 2 is 2.20 bits per heavy atom.